The van der Waals surface area contributed by atoms with Gasteiger partial charge >= 0.3 is 6.18 Å². The van der Waals surface area contributed by atoms with E-state index in [0.29, 0.717) is 6.04 Å². The molecule has 1 aromatic carbocycles. The quantitative estimate of drug-likeness (QED) is 0.854. The molecule has 3 atom stereocenters. The second kappa shape index (κ2) is 4.92. The van der Waals surface area contributed by atoms with Crippen molar-refractivity contribution in [2.45, 2.75) is 44.9 Å². The number of hydrogen-bond acceptors (Lipinski definition) is 1. The largest absolute Gasteiger partial charge is 0.416 e. The molecule has 0 aromatic heterocycles. The molecule has 1 aliphatic carbocycles. The second-order valence-corrected chi connectivity index (χ2v) is 5.02. The first-order valence-electron chi connectivity index (χ1n) is 6.35. The van der Waals surface area contributed by atoms with Crippen LogP contribution in [0.4, 0.5) is 13.2 Å². The van der Waals surface area contributed by atoms with Crippen LogP contribution in [-0.2, 0) is 6.18 Å². The van der Waals surface area contributed by atoms with E-state index in [1.54, 1.807) is 12.1 Å². The van der Waals surface area contributed by atoms with E-state index in [4.69, 9.17) is 0 Å². The molecule has 0 spiro atoms. The summed E-state index contributed by atoms with van der Waals surface area (Å²) in [7, 11) is 0. The third kappa shape index (κ3) is 3.05. The lowest BCUT2D eigenvalue weighted by Crippen LogP contribution is -2.22. The maximum absolute atomic E-state index is 12.4. The molecule has 0 radical (unpaired) electrons. The summed E-state index contributed by atoms with van der Waals surface area (Å²) in [5, 5.41) is 3.45. The third-order valence-corrected chi connectivity index (χ3v) is 3.65. The summed E-state index contributed by atoms with van der Waals surface area (Å²) in [5.41, 5.74) is 0.320. The van der Waals surface area contributed by atoms with Crippen LogP contribution in [0.25, 0.3) is 0 Å². The maximum atomic E-state index is 12.4. The maximum Gasteiger partial charge on any atom is 0.416 e. The van der Waals surface area contributed by atoms with Gasteiger partial charge in [0.1, 0.15) is 0 Å². The Labute approximate surface area is 105 Å². The molecule has 1 saturated carbocycles. The number of alkyl halides is 3. The van der Waals surface area contributed by atoms with Crippen molar-refractivity contribution in [3.05, 3.63) is 35.4 Å². The van der Waals surface area contributed by atoms with Gasteiger partial charge in [0.25, 0.3) is 0 Å². The molecule has 2 rings (SSSR count). The zero-order chi connectivity index (χ0) is 13.3. The van der Waals surface area contributed by atoms with Crippen LogP contribution in [0, 0.1) is 5.92 Å². The molecular formula is C14H18F3N. The Morgan fingerprint density at radius 3 is 2.33 bits per heavy atom. The molecule has 0 amide bonds. The van der Waals surface area contributed by atoms with E-state index in [2.05, 4.69) is 12.2 Å². The molecule has 3 unspecified atom stereocenters. The highest BCUT2D eigenvalue weighted by Crippen LogP contribution is 2.35. The van der Waals surface area contributed by atoms with Crippen molar-refractivity contribution in [2.75, 3.05) is 0 Å². The number of rotatable bonds is 4. The van der Waals surface area contributed by atoms with Crippen LogP contribution in [0.5, 0.6) is 0 Å². The van der Waals surface area contributed by atoms with Gasteiger partial charge in [-0.1, -0.05) is 25.5 Å². The highest BCUT2D eigenvalue weighted by Gasteiger charge is 2.36. The minimum Gasteiger partial charge on any atom is -0.307 e. The first-order valence-corrected chi connectivity index (χ1v) is 6.35. The van der Waals surface area contributed by atoms with E-state index in [0.717, 1.165) is 30.0 Å². The van der Waals surface area contributed by atoms with Crippen molar-refractivity contribution < 1.29 is 13.2 Å². The van der Waals surface area contributed by atoms with Gasteiger partial charge in [0.2, 0.25) is 0 Å². The SMILES string of the molecule is CCC1CC1NC(C)c1ccc(C(F)(F)F)cc1. The number of halogens is 3. The van der Waals surface area contributed by atoms with Crippen molar-refractivity contribution in [1.29, 1.82) is 0 Å². The Morgan fingerprint density at radius 1 is 1.28 bits per heavy atom. The van der Waals surface area contributed by atoms with Gasteiger partial charge in [-0.3, -0.25) is 0 Å². The molecule has 0 heterocycles. The highest BCUT2D eigenvalue weighted by atomic mass is 19.4. The molecule has 0 aliphatic heterocycles. The zero-order valence-electron chi connectivity index (χ0n) is 10.6. The fraction of sp³-hybridized carbons (Fsp3) is 0.571. The van der Waals surface area contributed by atoms with Gasteiger partial charge in [-0.25, -0.2) is 0 Å². The molecule has 0 saturated heterocycles. The van der Waals surface area contributed by atoms with Crippen LogP contribution < -0.4 is 5.32 Å². The minimum absolute atomic E-state index is 0.105. The van der Waals surface area contributed by atoms with Crippen LogP contribution in [-0.4, -0.2) is 6.04 Å². The first-order chi connectivity index (χ1) is 8.41. The normalized spacial score (nSPS) is 24.9. The van der Waals surface area contributed by atoms with E-state index in [9.17, 15) is 13.2 Å². The molecule has 18 heavy (non-hydrogen) atoms. The van der Waals surface area contributed by atoms with Gasteiger partial charge in [-0.2, -0.15) is 13.2 Å². The van der Waals surface area contributed by atoms with Crippen LogP contribution in [0.1, 0.15) is 43.9 Å². The molecule has 1 fully saturated rings. The average molecular weight is 257 g/mol. The van der Waals surface area contributed by atoms with Gasteiger partial charge in [0.05, 0.1) is 5.56 Å². The van der Waals surface area contributed by atoms with Crippen molar-refractivity contribution in [3.63, 3.8) is 0 Å². The summed E-state index contributed by atoms with van der Waals surface area (Å²) < 4.78 is 37.3. The van der Waals surface area contributed by atoms with E-state index in [1.807, 2.05) is 6.92 Å². The first kappa shape index (κ1) is 13.4. The van der Waals surface area contributed by atoms with Crippen molar-refractivity contribution in [3.8, 4) is 0 Å². The summed E-state index contributed by atoms with van der Waals surface area (Å²) in [4.78, 5) is 0. The summed E-state index contributed by atoms with van der Waals surface area (Å²) in [6, 6.07) is 6.06. The highest BCUT2D eigenvalue weighted by molar-refractivity contribution is 5.26. The van der Waals surface area contributed by atoms with Gasteiger partial charge in [0.15, 0.2) is 0 Å². The summed E-state index contributed by atoms with van der Waals surface area (Å²) >= 11 is 0. The van der Waals surface area contributed by atoms with Crippen LogP contribution in [0.3, 0.4) is 0 Å². The number of hydrogen-bond donors (Lipinski definition) is 1. The lowest BCUT2D eigenvalue weighted by atomic mass is 10.1. The molecule has 100 valence electrons. The Kier molecular flexibility index (Phi) is 3.66. The zero-order valence-corrected chi connectivity index (χ0v) is 10.6. The Hall–Kier alpha value is -1.03. The summed E-state index contributed by atoms with van der Waals surface area (Å²) in [6.07, 6.45) is -1.90. The molecule has 1 aliphatic rings. The van der Waals surface area contributed by atoms with Gasteiger partial charge < -0.3 is 5.32 Å². The summed E-state index contributed by atoms with van der Waals surface area (Å²) in [5.74, 6) is 0.738. The average Bonchev–Trinajstić information content (AvgIpc) is 3.06. The van der Waals surface area contributed by atoms with Gasteiger partial charge in [-0.05, 0) is 37.0 Å². The van der Waals surface area contributed by atoms with Crippen LogP contribution >= 0.6 is 0 Å². The predicted molar refractivity (Wildman–Crippen MR) is 65.2 cm³/mol. The number of nitrogens with one attached hydrogen (secondary N) is 1. The molecule has 1 nitrogen and oxygen atoms in total. The van der Waals surface area contributed by atoms with Crippen LogP contribution in [0.15, 0.2) is 24.3 Å². The van der Waals surface area contributed by atoms with Crippen molar-refractivity contribution >= 4 is 0 Å². The molecule has 4 heteroatoms. The topological polar surface area (TPSA) is 12.0 Å². The predicted octanol–water partition coefficient (Wildman–Crippen LogP) is 4.15. The molecular weight excluding hydrogens is 239 g/mol. The molecule has 1 aromatic rings. The molecule has 1 N–H and O–H groups in total. The monoisotopic (exact) mass is 257 g/mol. The van der Waals surface area contributed by atoms with E-state index in [1.165, 1.54) is 6.42 Å². The van der Waals surface area contributed by atoms with Gasteiger partial charge in [0, 0.05) is 12.1 Å². The Morgan fingerprint density at radius 2 is 1.89 bits per heavy atom. The van der Waals surface area contributed by atoms with Crippen molar-refractivity contribution in [1.82, 2.24) is 5.32 Å². The number of benzene rings is 1. The molecule has 0 bridgehead atoms. The van der Waals surface area contributed by atoms with Crippen molar-refractivity contribution in [2.24, 2.45) is 5.92 Å². The minimum atomic E-state index is -4.25. The Balaban J connectivity index is 1.97. The Bertz CT molecular complexity index is 396. The standard InChI is InChI=1S/C14H18F3N/c1-3-10-8-13(10)18-9(2)11-4-6-12(7-5-11)14(15,16)17/h4-7,9-10,13,18H,3,8H2,1-2H3. The fourth-order valence-corrected chi connectivity index (χ4v) is 2.28. The fourth-order valence-electron chi connectivity index (χ4n) is 2.28. The van der Waals surface area contributed by atoms with E-state index < -0.39 is 11.7 Å². The second-order valence-electron chi connectivity index (χ2n) is 5.02. The third-order valence-electron chi connectivity index (χ3n) is 3.65. The van der Waals surface area contributed by atoms with Gasteiger partial charge in [-0.15, -0.1) is 0 Å². The van der Waals surface area contributed by atoms with Crippen LogP contribution in [0.2, 0.25) is 0 Å². The smallest absolute Gasteiger partial charge is 0.307 e. The lowest BCUT2D eigenvalue weighted by Gasteiger charge is -2.15. The van der Waals surface area contributed by atoms with E-state index in [-0.39, 0.29) is 6.04 Å². The summed E-state index contributed by atoms with van der Waals surface area (Å²) in [6.45, 7) is 4.16. The lowest BCUT2D eigenvalue weighted by molar-refractivity contribution is -0.137. The van der Waals surface area contributed by atoms with E-state index >= 15 is 0 Å².